The molecule has 0 aliphatic rings. The maximum Gasteiger partial charge on any atom is 0.338 e. The SMILES string of the molecule is Cc1c(C(=O)O)c2c(C(C)(C)C(=O)O)c(O)ccc2n1CC(C)(C)C. The second kappa shape index (κ2) is 5.79. The topological polar surface area (TPSA) is 99.8 Å². The summed E-state index contributed by atoms with van der Waals surface area (Å²) < 4.78 is 1.89. The third kappa shape index (κ3) is 3.08. The Balaban J connectivity index is 3.02. The highest BCUT2D eigenvalue weighted by Crippen LogP contribution is 2.41. The van der Waals surface area contributed by atoms with Gasteiger partial charge in [0.2, 0.25) is 0 Å². The number of aromatic carboxylic acids is 1. The van der Waals surface area contributed by atoms with Crippen molar-refractivity contribution in [2.75, 3.05) is 0 Å². The van der Waals surface area contributed by atoms with Gasteiger partial charge < -0.3 is 19.9 Å². The van der Waals surface area contributed by atoms with Crippen molar-refractivity contribution in [1.82, 2.24) is 4.57 Å². The molecule has 1 heterocycles. The first-order chi connectivity index (χ1) is 11.3. The molecule has 136 valence electrons. The van der Waals surface area contributed by atoms with Crippen LogP contribution in [0.3, 0.4) is 0 Å². The summed E-state index contributed by atoms with van der Waals surface area (Å²) in [5.74, 6) is -2.48. The van der Waals surface area contributed by atoms with Gasteiger partial charge >= 0.3 is 11.9 Å². The second-order valence-electron chi connectivity index (χ2n) is 8.20. The van der Waals surface area contributed by atoms with Crippen molar-refractivity contribution in [2.45, 2.75) is 53.5 Å². The van der Waals surface area contributed by atoms with Crippen LogP contribution in [0, 0.1) is 12.3 Å². The fraction of sp³-hybridized carbons (Fsp3) is 0.474. The molecule has 0 bridgehead atoms. The molecule has 0 amide bonds. The molecule has 6 heteroatoms. The molecular formula is C19H25NO5. The minimum Gasteiger partial charge on any atom is -0.508 e. The van der Waals surface area contributed by atoms with Crippen LogP contribution < -0.4 is 0 Å². The number of hydrogen-bond acceptors (Lipinski definition) is 3. The molecule has 0 aliphatic heterocycles. The number of carboxylic acids is 2. The maximum absolute atomic E-state index is 11.9. The van der Waals surface area contributed by atoms with Gasteiger partial charge in [-0.2, -0.15) is 0 Å². The monoisotopic (exact) mass is 347 g/mol. The van der Waals surface area contributed by atoms with Crippen molar-refractivity contribution in [1.29, 1.82) is 0 Å². The quantitative estimate of drug-likeness (QED) is 0.782. The predicted molar refractivity (Wildman–Crippen MR) is 95.4 cm³/mol. The second-order valence-corrected chi connectivity index (χ2v) is 8.20. The largest absolute Gasteiger partial charge is 0.508 e. The third-order valence-electron chi connectivity index (χ3n) is 4.47. The summed E-state index contributed by atoms with van der Waals surface area (Å²) in [4.78, 5) is 23.7. The molecule has 1 aromatic carbocycles. The molecule has 1 aromatic heterocycles. The standard InChI is InChI=1S/C19H25NO5/c1-10-13(16(22)23)14-11(20(10)9-18(2,3)4)7-8-12(21)15(14)19(5,6)17(24)25/h7-8,21H,9H2,1-6H3,(H,22,23)(H,24,25). The lowest BCUT2D eigenvalue weighted by atomic mass is 9.81. The summed E-state index contributed by atoms with van der Waals surface area (Å²) in [6, 6.07) is 3.09. The zero-order chi connectivity index (χ0) is 19.3. The van der Waals surface area contributed by atoms with E-state index >= 15 is 0 Å². The first-order valence-electron chi connectivity index (χ1n) is 8.11. The van der Waals surface area contributed by atoms with Crippen molar-refractivity contribution >= 4 is 22.8 Å². The Morgan fingerprint density at radius 2 is 1.64 bits per heavy atom. The third-order valence-corrected chi connectivity index (χ3v) is 4.47. The lowest BCUT2D eigenvalue weighted by Crippen LogP contribution is -2.29. The fourth-order valence-electron chi connectivity index (χ4n) is 3.23. The number of nitrogens with zero attached hydrogens (tertiary/aromatic N) is 1. The van der Waals surface area contributed by atoms with E-state index in [1.807, 2.05) is 25.3 Å². The van der Waals surface area contributed by atoms with Gasteiger partial charge in [0.05, 0.1) is 11.0 Å². The first-order valence-corrected chi connectivity index (χ1v) is 8.11. The number of phenolic OH excluding ortho intramolecular Hbond substituents is 1. The summed E-state index contributed by atoms with van der Waals surface area (Å²) in [7, 11) is 0. The molecule has 25 heavy (non-hydrogen) atoms. The van der Waals surface area contributed by atoms with Crippen molar-refractivity contribution < 1.29 is 24.9 Å². The summed E-state index contributed by atoms with van der Waals surface area (Å²) in [5.41, 5.74) is -0.205. The number of aliphatic carboxylic acids is 1. The van der Waals surface area contributed by atoms with Gasteiger partial charge in [0.15, 0.2) is 0 Å². The van der Waals surface area contributed by atoms with Crippen LogP contribution in [0.5, 0.6) is 5.75 Å². The molecule has 0 atom stereocenters. The van der Waals surface area contributed by atoms with E-state index in [0.717, 1.165) is 0 Å². The van der Waals surface area contributed by atoms with Crippen molar-refractivity contribution in [3.8, 4) is 5.75 Å². The zero-order valence-corrected chi connectivity index (χ0v) is 15.5. The van der Waals surface area contributed by atoms with E-state index in [9.17, 15) is 24.9 Å². The number of carboxylic acid groups (broad SMARTS) is 2. The van der Waals surface area contributed by atoms with Crippen molar-refractivity contribution in [3.63, 3.8) is 0 Å². The Bertz CT molecular complexity index is 868. The van der Waals surface area contributed by atoms with Gasteiger partial charge in [0, 0.05) is 28.7 Å². The molecule has 0 fully saturated rings. The molecule has 2 rings (SSSR count). The lowest BCUT2D eigenvalue weighted by molar-refractivity contribution is -0.142. The van der Waals surface area contributed by atoms with Crippen LogP contribution in [-0.2, 0) is 16.8 Å². The Labute approximate surface area is 146 Å². The van der Waals surface area contributed by atoms with Gasteiger partial charge in [-0.1, -0.05) is 20.8 Å². The van der Waals surface area contributed by atoms with Crippen LogP contribution in [0.15, 0.2) is 12.1 Å². The average molecular weight is 347 g/mol. The van der Waals surface area contributed by atoms with Gasteiger partial charge in [-0.3, -0.25) is 4.79 Å². The number of aromatic hydroxyl groups is 1. The van der Waals surface area contributed by atoms with E-state index in [1.54, 1.807) is 13.0 Å². The van der Waals surface area contributed by atoms with Crippen LogP contribution in [0.4, 0.5) is 0 Å². The summed E-state index contributed by atoms with van der Waals surface area (Å²) in [6.07, 6.45) is 0. The van der Waals surface area contributed by atoms with Crippen LogP contribution in [0.1, 0.15) is 56.2 Å². The number of benzene rings is 1. The number of fused-ring (bicyclic) bond motifs is 1. The summed E-state index contributed by atoms with van der Waals surface area (Å²) >= 11 is 0. The van der Waals surface area contributed by atoms with Crippen LogP contribution >= 0.6 is 0 Å². The minimum atomic E-state index is -1.44. The van der Waals surface area contributed by atoms with E-state index in [-0.39, 0.29) is 22.3 Å². The highest BCUT2D eigenvalue weighted by atomic mass is 16.4. The van der Waals surface area contributed by atoms with E-state index in [4.69, 9.17) is 0 Å². The Morgan fingerprint density at radius 3 is 2.08 bits per heavy atom. The number of carbonyl (C=O) groups is 2. The number of hydrogen-bond donors (Lipinski definition) is 3. The Kier molecular flexibility index (Phi) is 4.36. The van der Waals surface area contributed by atoms with Crippen LogP contribution in [-0.4, -0.2) is 31.8 Å². The van der Waals surface area contributed by atoms with Crippen LogP contribution in [0.25, 0.3) is 10.9 Å². The molecule has 0 radical (unpaired) electrons. The molecule has 3 N–H and O–H groups in total. The molecule has 6 nitrogen and oxygen atoms in total. The highest BCUT2D eigenvalue weighted by molar-refractivity contribution is 6.09. The van der Waals surface area contributed by atoms with Gasteiger partial charge in [-0.25, -0.2) is 4.79 Å². The highest BCUT2D eigenvalue weighted by Gasteiger charge is 2.37. The molecule has 0 aliphatic carbocycles. The molecule has 2 aromatic rings. The van der Waals surface area contributed by atoms with Gasteiger partial charge in [0.1, 0.15) is 5.75 Å². The smallest absolute Gasteiger partial charge is 0.338 e. The molecule has 0 saturated heterocycles. The van der Waals surface area contributed by atoms with E-state index < -0.39 is 17.4 Å². The normalized spacial score (nSPS) is 12.6. The van der Waals surface area contributed by atoms with Gasteiger partial charge in [-0.15, -0.1) is 0 Å². The minimum absolute atomic E-state index is 0.0412. The zero-order valence-electron chi connectivity index (χ0n) is 15.5. The predicted octanol–water partition coefficient (Wildman–Crippen LogP) is 3.76. The van der Waals surface area contributed by atoms with Crippen LogP contribution in [0.2, 0.25) is 0 Å². The van der Waals surface area contributed by atoms with E-state index in [0.29, 0.717) is 23.1 Å². The maximum atomic E-state index is 11.9. The Morgan fingerprint density at radius 1 is 1.08 bits per heavy atom. The molecule has 0 saturated carbocycles. The van der Waals surface area contributed by atoms with Gasteiger partial charge in [0.25, 0.3) is 0 Å². The van der Waals surface area contributed by atoms with Crippen molar-refractivity contribution in [3.05, 3.63) is 29.0 Å². The molecular weight excluding hydrogens is 322 g/mol. The molecule has 0 unspecified atom stereocenters. The first kappa shape index (κ1) is 18.8. The number of aromatic nitrogens is 1. The molecule has 0 spiro atoms. The fourth-order valence-corrected chi connectivity index (χ4v) is 3.23. The lowest BCUT2D eigenvalue weighted by Gasteiger charge is -2.23. The number of rotatable bonds is 4. The average Bonchev–Trinajstić information content (AvgIpc) is 2.69. The van der Waals surface area contributed by atoms with E-state index in [1.165, 1.54) is 19.9 Å². The van der Waals surface area contributed by atoms with Gasteiger partial charge in [-0.05, 0) is 38.3 Å². The Hall–Kier alpha value is -2.50. The van der Waals surface area contributed by atoms with E-state index in [2.05, 4.69) is 0 Å². The summed E-state index contributed by atoms with van der Waals surface area (Å²) in [5, 5.41) is 30.0. The van der Waals surface area contributed by atoms with Crippen molar-refractivity contribution in [2.24, 2.45) is 5.41 Å². The number of phenols is 1. The summed E-state index contributed by atoms with van der Waals surface area (Å²) in [6.45, 7) is 11.3.